The van der Waals surface area contributed by atoms with E-state index in [0.717, 1.165) is 4.31 Å². The largest absolute Gasteiger partial charge is 0.481 e. The second-order valence-corrected chi connectivity index (χ2v) is 6.24. The van der Waals surface area contributed by atoms with Gasteiger partial charge in [-0.05, 0) is 38.1 Å². The third-order valence-corrected chi connectivity index (χ3v) is 4.86. The van der Waals surface area contributed by atoms with Crippen molar-refractivity contribution in [3.8, 4) is 17.6 Å². The van der Waals surface area contributed by atoms with E-state index in [1.54, 1.807) is 26.0 Å². The summed E-state index contributed by atoms with van der Waals surface area (Å²) in [6.07, 6.45) is 0. The molecule has 0 saturated carbocycles. The van der Waals surface area contributed by atoms with Crippen LogP contribution in [0.5, 0.6) is 5.75 Å². The molecule has 0 aliphatic rings. The number of sulfonamides is 1. The van der Waals surface area contributed by atoms with Gasteiger partial charge >= 0.3 is 0 Å². The molecule has 0 aliphatic carbocycles. The number of aliphatic hydroxyl groups excluding tert-OH is 1. The number of benzene rings is 1. The second-order valence-electron chi connectivity index (χ2n) is 4.24. The average molecular weight is 297 g/mol. The third-order valence-electron chi connectivity index (χ3n) is 2.87. The van der Waals surface area contributed by atoms with Crippen molar-refractivity contribution < 1.29 is 18.3 Å². The van der Waals surface area contributed by atoms with Crippen LogP contribution in [0.25, 0.3) is 0 Å². The number of rotatable bonds is 6. The van der Waals surface area contributed by atoms with Gasteiger partial charge in [-0.15, -0.1) is 5.92 Å². The van der Waals surface area contributed by atoms with Gasteiger partial charge in [0, 0.05) is 13.1 Å². The van der Waals surface area contributed by atoms with Crippen LogP contribution in [-0.4, -0.2) is 44.1 Å². The van der Waals surface area contributed by atoms with Gasteiger partial charge in [0.05, 0.1) is 11.5 Å². The fourth-order valence-corrected chi connectivity index (χ4v) is 2.77. The molecule has 1 aromatic carbocycles. The molecule has 0 saturated heterocycles. The van der Waals surface area contributed by atoms with Crippen LogP contribution in [0.4, 0.5) is 0 Å². The van der Waals surface area contributed by atoms with Gasteiger partial charge in [0.25, 0.3) is 0 Å². The van der Waals surface area contributed by atoms with E-state index in [9.17, 15) is 8.42 Å². The van der Waals surface area contributed by atoms with Crippen molar-refractivity contribution in [2.24, 2.45) is 0 Å². The number of hydrogen-bond donors (Lipinski definition) is 1. The fraction of sp³-hybridized carbons (Fsp3) is 0.429. The Morgan fingerprint density at radius 3 is 2.45 bits per heavy atom. The lowest BCUT2D eigenvalue weighted by molar-refractivity contribution is 0.214. The molecular formula is C14H19NO4S. The Morgan fingerprint density at radius 1 is 1.35 bits per heavy atom. The predicted molar refractivity (Wildman–Crippen MR) is 76.9 cm³/mol. The molecule has 5 nitrogen and oxygen atoms in total. The minimum absolute atomic E-state index is 0.161. The van der Waals surface area contributed by atoms with Crippen LogP contribution in [0.1, 0.15) is 13.8 Å². The lowest BCUT2D eigenvalue weighted by atomic mass is 10.3. The maximum absolute atomic E-state index is 12.3. The van der Waals surface area contributed by atoms with Gasteiger partial charge in [0.1, 0.15) is 12.4 Å². The average Bonchev–Trinajstić information content (AvgIpc) is 2.46. The van der Waals surface area contributed by atoms with Crippen LogP contribution in [0, 0.1) is 11.8 Å². The van der Waals surface area contributed by atoms with Crippen molar-refractivity contribution >= 4 is 10.0 Å². The SMILES string of the molecule is CC#CCOc1ccc(S(=O)(=O)N(C)[C@H](C)CO)cc1. The molecule has 0 aliphatic heterocycles. The van der Waals surface area contributed by atoms with Gasteiger partial charge < -0.3 is 9.84 Å². The molecule has 0 spiro atoms. The first-order valence-electron chi connectivity index (χ1n) is 6.14. The van der Waals surface area contributed by atoms with Gasteiger partial charge in [-0.3, -0.25) is 0 Å². The summed E-state index contributed by atoms with van der Waals surface area (Å²) in [6.45, 7) is 3.40. The molecular weight excluding hydrogens is 278 g/mol. The standard InChI is InChI=1S/C14H19NO4S/c1-4-5-10-19-13-6-8-14(9-7-13)20(17,18)15(3)12(2)11-16/h6-9,12,16H,10-11H2,1-3H3/t12-/m1/s1. The van der Waals surface area contributed by atoms with E-state index in [2.05, 4.69) is 11.8 Å². The van der Waals surface area contributed by atoms with Crippen LogP contribution < -0.4 is 4.74 Å². The highest BCUT2D eigenvalue weighted by Gasteiger charge is 2.24. The Balaban J connectivity index is 2.88. The summed E-state index contributed by atoms with van der Waals surface area (Å²) in [6, 6.07) is 5.65. The normalized spacial score (nSPS) is 12.7. The molecule has 0 radical (unpaired) electrons. The molecule has 1 N–H and O–H groups in total. The summed E-state index contributed by atoms with van der Waals surface area (Å²) >= 11 is 0. The molecule has 0 fully saturated rings. The second kappa shape index (κ2) is 7.29. The monoisotopic (exact) mass is 297 g/mol. The first kappa shape index (κ1) is 16.5. The smallest absolute Gasteiger partial charge is 0.243 e. The fourth-order valence-electron chi connectivity index (χ4n) is 1.42. The summed E-state index contributed by atoms with van der Waals surface area (Å²) in [5.74, 6) is 6.02. The number of likely N-dealkylation sites (N-methyl/N-ethyl adjacent to an activating group) is 1. The molecule has 0 aromatic heterocycles. The highest BCUT2D eigenvalue weighted by Crippen LogP contribution is 2.20. The highest BCUT2D eigenvalue weighted by atomic mass is 32.2. The Bertz CT molecular complexity index is 584. The zero-order valence-electron chi connectivity index (χ0n) is 11.8. The van der Waals surface area contributed by atoms with Crippen molar-refractivity contribution in [3.05, 3.63) is 24.3 Å². The van der Waals surface area contributed by atoms with Gasteiger partial charge in [-0.2, -0.15) is 4.31 Å². The van der Waals surface area contributed by atoms with Crippen LogP contribution in [0.2, 0.25) is 0 Å². The number of hydrogen-bond acceptors (Lipinski definition) is 4. The van der Waals surface area contributed by atoms with Crippen LogP contribution in [0.15, 0.2) is 29.2 Å². The van der Waals surface area contributed by atoms with E-state index in [-0.39, 0.29) is 18.1 Å². The van der Waals surface area contributed by atoms with E-state index in [0.29, 0.717) is 5.75 Å². The number of aliphatic hydroxyl groups is 1. The van der Waals surface area contributed by atoms with Gasteiger partial charge in [-0.25, -0.2) is 8.42 Å². The Morgan fingerprint density at radius 2 is 1.95 bits per heavy atom. The third kappa shape index (κ3) is 3.97. The maximum Gasteiger partial charge on any atom is 0.243 e. The van der Waals surface area contributed by atoms with Crippen molar-refractivity contribution in [1.82, 2.24) is 4.31 Å². The van der Waals surface area contributed by atoms with E-state index in [1.807, 2.05) is 0 Å². The molecule has 0 amide bonds. The molecule has 1 atom stereocenters. The van der Waals surface area contributed by atoms with E-state index in [4.69, 9.17) is 9.84 Å². The maximum atomic E-state index is 12.3. The van der Waals surface area contributed by atoms with Crippen molar-refractivity contribution in [2.75, 3.05) is 20.3 Å². The topological polar surface area (TPSA) is 66.8 Å². The summed E-state index contributed by atoms with van der Waals surface area (Å²) in [4.78, 5) is 0.161. The molecule has 0 unspecified atom stereocenters. The zero-order chi connectivity index (χ0) is 15.2. The number of ether oxygens (including phenoxy) is 1. The Kier molecular flexibility index (Phi) is 6.02. The highest BCUT2D eigenvalue weighted by molar-refractivity contribution is 7.89. The van der Waals surface area contributed by atoms with Gasteiger partial charge in [0.15, 0.2) is 0 Å². The van der Waals surface area contributed by atoms with Crippen molar-refractivity contribution in [3.63, 3.8) is 0 Å². The molecule has 110 valence electrons. The van der Waals surface area contributed by atoms with E-state index in [1.165, 1.54) is 19.2 Å². The minimum Gasteiger partial charge on any atom is -0.481 e. The molecule has 6 heteroatoms. The summed E-state index contributed by atoms with van der Waals surface area (Å²) in [7, 11) is -2.16. The Labute approximate surface area is 120 Å². The van der Waals surface area contributed by atoms with Crippen molar-refractivity contribution in [2.45, 2.75) is 24.8 Å². The van der Waals surface area contributed by atoms with E-state index < -0.39 is 16.1 Å². The lowest BCUT2D eigenvalue weighted by Gasteiger charge is -2.22. The van der Waals surface area contributed by atoms with E-state index >= 15 is 0 Å². The van der Waals surface area contributed by atoms with Crippen LogP contribution in [-0.2, 0) is 10.0 Å². The molecule has 20 heavy (non-hydrogen) atoms. The molecule has 1 rings (SSSR count). The molecule has 0 bridgehead atoms. The minimum atomic E-state index is -3.60. The summed E-state index contributed by atoms with van der Waals surface area (Å²) < 4.78 is 31.0. The number of nitrogens with zero attached hydrogens (tertiary/aromatic N) is 1. The molecule has 1 aromatic rings. The van der Waals surface area contributed by atoms with Crippen LogP contribution in [0.3, 0.4) is 0 Å². The lowest BCUT2D eigenvalue weighted by Crippen LogP contribution is -2.37. The quantitative estimate of drug-likeness (QED) is 0.798. The summed E-state index contributed by atoms with van der Waals surface area (Å²) in [5, 5.41) is 9.04. The zero-order valence-corrected chi connectivity index (χ0v) is 12.6. The van der Waals surface area contributed by atoms with Crippen molar-refractivity contribution in [1.29, 1.82) is 0 Å². The Hall–Kier alpha value is -1.55. The van der Waals surface area contributed by atoms with Gasteiger partial charge in [0.2, 0.25) is 10.0 Å². The first-order chi connectivity index (χ1) is 9.43. The first-order valence-corrected chi connectivity index (χ1v) is 7.59. The predicted octanol–water partition coefficient (Wildman–Crippen LogP) is 1.09. The van der Waals surface area contributed by atoms with Crippen LogP contribution >= 0.6 is 0 Å². The van der Waals surface area contributed by atoms with Gasteiger partial charge in [-0.1, -0.05) is 5.92 Å². The summed E-state index contributed by atoms with van der Waals surface area (Å²) in [5.41, 5.74) is 0. The molecule has 0 heterocycles.